The van der Waals surface area contributed by atoms with Gasteiger partial charge in [0.25, 0.3) is 0 Å². The smallest absolute Gasteiger partial charge is 0.243 e. The number of sulfonamides is 1. The lowest BCUT2D eigenvalue weighted by atomic mass is 10.0. The minimum absolute atomic E-state index is 0. The van der Waals surface area contributed by atoms with Crippen LogP contribution in [0.4, 0.5) is 0 Å². The maximum Gasteiger partial charge on any atom is 0.243 e. The van der Waals surface area contributed by atoms with Crippen molar-refractivity contribution in [2.45, 2.75) is 63.8 Å². The summed E-state index contributed by atoms with van der Waals surface area (Å²) >= 11 is 0. The van der Waals surface area contributed by atoms with E-state index in [9.17, 15) is 13.2 Å². The van der Waals surface area contributed by atoms with Crippen LogP contribution in [0.3, 0.4) is 0 Å². The Morgan fingerprint density at radius 2 is 1.67 bits per heavy atom. The average molecular weight is 540 g/mol. The molecule has 0 saturated carbocycles. The molecule has 1 aromatic carbocycles. The fourth-order valence-corrected chi connectivity index (χ4v) is 6.14. The summed E-state index contributed by atoms with van der Waals surface area (Å²) in [6, 6.07) is 7.26. The second-order valence-corrected chi connectivity index (χ2v) is 11.9. The van der Waals surface area contributed by atoms with E-state index in [2.05, 4.69) is 28.9 Å². The number of halogens is 1. The molecule has 0 radical (unpaired) electrons. The van der Waals surface area contributed by atoms with Gasteiger partial charge in [-0.2, -0.15) is 9.29 Å². The molecule has 36 heavy (non-hydrogen) atoms. The lowest BCUT2D eigenvalue weighted by Crippen LogP contribution is -2.48. The molecule has 0 unspecified atom stereocenters. The lowest BCUT2D eigenvalue weighted by molar-refractivity contribution is -0.132. The van der Waals surface area contributed by atoms with Crippen LogP contribution in [0.2, 0.25) is 0 Å². The van der Waals surface area contributed by atoms with E-state index < -0.39 is 10.0 Å². The van der Waals surface area contributed by atoms with Gasteiger partial charge in [0.2, 0.25) is 21.8 Å². The van der Waals surface area contributed by atoms with Gasteiger partial charge >= 0.3 is 0 Å². The van der Waals surface area contributed by atoms with Crippen LogP contribution in [0.25, 0.3) is 0 Å². The molecule has 0 spiro atoms. The molecule has 2 aromatic rings. The van der Waals surface area contributed by atoms with E-state index in [4.69, 9.17) is 4.52 Å². The summed E-state index contributed by atoms with van der Waals surface area (Å²) < 4.78 is 33.0. The van der Waals surface area contributed by atoms with Gasteiger partial charge in [-0.3, -0.25) is 9.69 Å². The van der Waals surface area contributed by atoms with Crippen LogP contribution in [0.15, 0.2) is 33.7 Å². The van der Waals surface area contributed by atoms with Crippen LogP contribution in [-0.4, -0.2) is 77.8 Å². The highest BCUT2D eigenvalue weighted by Gasteiger charge is 2.29. The number of carbonyl (C=O) groups is 1. The van der Waals surface area contributed by atoms with E-state index in [1.165, 1.54) is 6.42 Å². The molecule has 0 bridgehead atoms. The number of hydrogen-bond donors (Lipinski definition) is 0. The number of carbonyl (C=O) groups excluding carboxylic acids is 1. The Kier molecular flexibility index (Phi) is 10.3. The Balaban J connectivity index is 0.00000361. The van der Waals surface area contributed by atoms with Gasteiger partial charge in [-0.25, -0.2) is 8.42 Å². The molecule has 9 nitrogen and oxygen atoms in total. The Morgan fingerprint density at radius 3 is 2.31 bits per heavy atom. The minimum Gasteiger partial charge on any atom is -0.343 e. The van der Waals surface area contributed by atoms with Gasteiger partial charge in [0.05, 0.1) is 11.4 Å². The van der Waals surface area contributed by atoms with E-state index in [-0.39, 0.29) is 18.3 Å². The van der Waals surface area contributed by atoms with E-state index in [0.717, 1.165) is 37.9 Å². The molecule has 2 aliphatic rings. The number of piperazine rings is 1. The first-order chi connectivity index (χ1) is 16.8. The monoisotopic (exact) mass is 539 g/mol. The quantitative estimate of drug-likeness (QED) is 0.482. The molecule has 3 heterocycles. The normalized spacial score (nSPS) is 17.8. The number of aromatic nitrogens is 2. The molecule has 200 valence electrons. The summed E-state index contributed by atoms with van der Waals surface area (Å²) in [7, 11) is -3.50. The number of aryl methyl sites for hydroxylation is 1. The third-order valence-corrected chi connectivity index (χ3v) is 8.59. The van der Waals surface area contributed by atoms with Crippen molar-refractivity contribution in [3.8, 4) is 0 Å². The molecule has 2 fully saturated rings. The third kappa shape index (κ3) is 7.50. The van der Waals surface area contributed by atoms with Crippen molar-refractivity contribution >= 4 is 28.3 Å². The number of hydrogen-bond acceptors (Lipinski definition) is 7. The van der Waals surface area contributed by atoms with Gasteiger partial charge in [-0.15, -0.1) is 12.4 Å². The lowest BCUT2D eigenvalue weighted by Gasteiger charge is -2.33. The fraction of sp³-hybridized carbons (Fsp3) is 0.640. The van der Waals surface area contributed by atoms with Crippen LogP contribution >= 0.6 is 12.4 Å². The fourth-order valence-electron chi connectivity index (χ4n) is 4.72. The highest BCUT2D eigenvalue weighted by molar-refractivity contribution is 7.89. The van der Waals surface area contributed by atoms with Crippen molar-refractivity contribution in [2.24, 2.45) is 5.92 Å². The summed E-state index contributed by atoms with van der Waals surface area (Å²) in [6.07, 6.45) is 5.13. The van der Waals surface area contributed by atoms with Crippen LogP contribution < -0.4 is 0 Å². The predicted molar refractivity (Wildman–Crippen MR) is 139 cm³/mol. The van der Waals surface area contributed by atoms with Gasteiger partial charge in [-0.05, 0) is 49.3 Å². The van der Waals surface area contributed by atoms with E-state index in [0.29, 0.717) is 68.1 Å². The average Bonchev–Trinajstić information content (AvgIpc) is 3.30. The summed E-state index contributed by atoms with van der Waals surface area (Å²) in [5.74, 6) is 1.73. The molecule has 1 aromatic heterocycles. The number of nitrogens with zero attached hydrogens (tertiary/aromatic N) is 5. The highest BCUT2D eigenvalue weighted by atomic mass is 35.5. The molecule has 4 rings (SSSR count). The highest BCUT2D eigenvalue weighted by Crippen LogP contribution is 2.20. The van der Waals surface area contributed by atoms with Crippen LogP contribution in [-0.2, 0) is 34.2 Å². The summed E-state index contributed by atoms with van der Waals surface area (Å²) in [4.78, 5) is 21.2. The molecular weight excluding hydrogens is 502 g/mol. The summed E-state index contributed by atoms with van der Waals surface area (Å²) in [6.45, 7) is 8.54. The topological polar surface area (TPSA) is 99.8 Å². The number of likely N-dealkylation sites (tertiary alicyclic amines) is 1. The van der Waals surface area contributed by atoms with Crippen LogP contribution in [0.5, 0.6) is 0 Å². The summed E-state index contributed by atoms with van der Waals surface area (Å²) in [5.41, 5.74) is 1.15. The Labute approximate surface area is 220 Å². The van der Waals surface area contributed by atoms with Crippen molar-refractivity contribution in [2.75, 3.05) is 39.3 Å². The SMILES string of the molecule is CC(C)Cc1ccc(S(=O)(=O)N2CCN(Cc3noc(CCC(=O)N4CCCCC4)n3)CC2)cc1.Cl. The first-order valence-corrected chi connectivity index (χ1v) is 14.2. The molecule has 11 heteroatoms. The van der Waals surface area contributed by atoms with Crippen LogP contribution in [0.1, 0.15) is 56.8 Å². The second-order valence-electron chi connectivity index (χ2n) is 9.97. The molecule has 1 amide bonds. The maximum absolute atomic E-state index is 13.1. The standard InChI is InChI=1S/C25H37N5O4S.ClH/c1-20(2)18-21-6-8-22(9-7-21)35(32,33)30-16-14-28(15-17-30)19-23-26-24(34-27-23)10-11-25(31)29-12-4-3-5-13-29;/h6-9,20H,3-5,10-19H2,1-2H3;1H. The van der Waals surface area contributed by atoms with Gasteiger partial charge in [0.15, 0.2) is 5.82 Å². The van der Waals surface area contributed by atoms with Crippen molar-refractivity contribution in [3.63, 3.8) is 0 Å². The zero-order chi connectivity index (χ0) is 24.8. The maximum atomic E-state index is 13.1. The molecule has 0 atom stereocenters. The number of amides is 1. The van der Waals surface area contributed by atoms with Crippen molar-refractivity contribution in [1.29, 1.82) is 0 Å². The number of benzene rings is 1. The minimum atomic E-state index is -3.50. The molecule has 2 saturated heterocycles. The first-order valence-electron chi connectivity index (χ1n) is 12.7. The largest absolute Gasteiger partial charge is 0.343 e. The zero-order valence-corrected chi connectivity index (χ0v) is 22.9. The second kappa shape index (κ2) is 13.0. The van der Waals surface area contributed by atoms with E-state index in [1.807, 2.05) is 17.0 Å². The Morgan fingerprint density at radius 1 is 1.00 bits per heavy atom. The van der Waals surface area contributed by atoms with Crippen molar-refractivity contribution < 1.29 is 17.7 Å². The molecular formula is C25H38ClN5O4S. The van der Waals surface area contributed by atoms with Crippen LogP contribution in [0, 0.1) is 5.92 Å². The molecule has 0 aliphatic carbocycles. The van der Waals surface area contributed by atoms with Crippen molar-refractivity contribution in [1.82, 2.24) is 24.2 Å². The first kappa shape index (κ1) is 28.6. The van der Waals surface area contributed by atoms with E-state index in [1.54, 1.807) is 16.4 Å². The summed E-state index contributed by atoms with van der Waals surface area (Å²) in [5, 5.41) is 4.06. The van der Waals surface area contributed by atoms with Gasteiger partial charge in [-0.1, -0.05) is 31.1 Å². The van der Waals surface area contributed by atoms with Gasteiger partial charge < -0.3 is 9.42 Å². The third-order valence-electron chi connectivity index (χ3n) is 6.67. The molecule has 2 aliphatic heterocycles. The number of rotatable bonds is 9. The Bertz CT molecular complexity index is 1080. The zero-order valence-electron chi connectivity index (χ0n) is 21.3. The van der Waals surface area contributed by atoms with Gasteiger partial charge in [0.1, 0.15) is 0 Å². The Hall–Kier alpha value is -2.01. The van der Waals surface area contributed by atoms with E-state index >= 15 is 0 Å². The predicted octanol–water partition coefficient (Wildman–Crippen LogP) is 3.14. The number of piperidine rings is 1. The molecule has 0 N–H and O–H groups in total. The van der Waals surface area contributed by atoms with Gasteiger partial charge in [0, 0.05) is 52.1 Å². The van der Waals surface area contributed by atoms with Crippen molar-refractivity contribution in [3.05, 3.63) is 41.5 Å².